The molecule has 0 bridgehead atoms. The molecule has 2 amide bonds. The van der Waals surface area contributed by atoms with Crippen molar-refractivity contribution in [1.82, 2.24) is 4.90 Å². The fraction of sp³-hybridized carbons (Fsp3) is 0.238. The Labute approximate surface area is 158 Å². The van der Waals surface area contributed by atoms with Gasteiger partial charge >= 0.3 is 0 Å². The minimum Gasteiger partial charge on any atom is -0.495 e. The van der Waals surface area contributed by atoms with Gasteiger partial charge in [0.05, 0.1) is 12.8 Å². The quantitative estimate of drug-likeness (QED) is 0.721. The van der Waals surface area contributed by atoms with Gasteiger partial charge in [0.1, 0.15) is 18.1 Å². The van der Waals surface area contributed by atoms with Crippen LogP contribution in [-0.2, 0) is 9.59 Å². The minimum atomic E-state index is -0.405. The first-order chi connectivity index (χ1) is 13.0. The molecule has 0 saturated carbocycles. The van der Waals surface area contributed by atoms with Crippen LogP contribution in [0.15, 0.2) is 54.6 Å². The lowest BCUT2D eigenvalue weighted by atomic mass is 10.2. The number of nitrogens with zero attached hydrogens (tertiary/aromatic N) is 1. The number of nitrogens with one attached hydrogen (secondary N) is 1. The second-order valence-electron chi connectivity index (χ2n) is 5.86. The number of carbonyl (C=O) groups excluding carboxylic acids is 2. The Morgan fingerprint density at radius 3 is 2.56 bits per heavy atom. The molecule has 5 nitrogen and oxygen atoms in total. The van der Waals surface area contributed by atoms with Crippen molar-refractivity contribution < 1.29 is 18.7 Å². The summed E-state index contributed by atoms with van der Waals surface area (Å²) in [5.41, 5.74) is 0.858. The first-order valence-electron chi connectivity index (χ1n) is 8.69. The highest BCUT2D eigenvalue weighted by atomic mass is 19.1. The summed E-state index contributed by atoms with van der Waals surface area (Å²) in [7, 11) is 1.52. The molecular formula is C21H23FN2O3. The topological polar surface area (TPSA) is 58.6 Å². The molecule has 1 N–H and O–H groups in total. The Morgan fingerprint density at radius 2 is 1.85 bits per heavy atom. The van der Waals surface area contributed by atoms with Crippen LogP contribution < -0.4 is 10.1 Å². The Kier molecular flexibility index (Phi) is 7.55. The van der Waals surface area contributed by atoms with Gasteiger partial charge in [0, 0.05) is 18.2 Å². The fourth-order valence-electron chi connectivity index (χ4n) is 2.52. The van der Waals surface area contributed by atoms with Gasteiger partial charge in [-0.2, -0.15) is 0 Å². The molecular weight excluding hydrogens is 347 g/mol. The first-order valence-corrected chi connectivity index (χ1v) is 8.69. The lowest BCUT2D eigenvalue weighted by Gasteiger charge is -2.20. The van der Waals surface area contributed by atoms with E-state index in [4.69, 9.17) is 4.74 Å². The molecule has 0 aliphatic carbocycles. The Balaban J connectivity index is 2.04. The lowest BCUT2D eigenvalue weighted by Crippen LogP contribution is -2.37. The van der Waals surface area contributed by atoms with Crippen LogP contribution in [0.25, 0.3) is 6.08 Å². The third-order valence-corrected chi connectivity index (χ3v) is 3.83. The summed E-state index contributed by atoms with van der Waals surface area (Å²) in [6.45, 7) is 2.23. The number of hydrogen-bond acceptors (Lipinski definition) is 3. The van der Waals surface area contributed by atoms with Crippen molar-refractivity contribution in [3.63, 3.8) is 0 Å². The molecule has 2 rings (SSSR count). The van der Waals surface area contributed by atoms with Gasteiger partial charge in [-0.3, -0.25) is 9.59 Å². The molecule has 142 valence electrons. The summed E-state index contributed by atoms with van der Waals surface area (Å²) in [5.74, 6) is -0.549. The van der Waals surface area contributed by atoms with Crippen molar-refractivity contribution in [2.24, 2.45) is 0 Å². The standard InChI is InChI=1S/C21H23FN2O3/c1-3-14-24(21(26)13-12-16-8-4-5-9-17(16)22)15-20(25)23-18-10-6-7-11-19(18)27-2/h4-13H,3,14-15H2,1-2H3,(H,23,25). The SMILES string of the molecule is CCCN(CC(=O)Nc1ccccc1OC)C(=O)C=Cc1ccccc1F. The van der Waals surface area contributed by atoms with E-state index in [0.29, 0.717) is 30.0 Å². The third-order valence-electron chi connectivity index (χ3n) is 3.83. The maximum Gasteiger partial charge on any atom is 0.247 e. The van der Waals surface area contributed by atoms with Crippen molar-refractivity contribution in [1.29, 1.82) is 0 Å². The average molecular weight is 370 g/mol. The number of rotatable bonds is 8. The van der Waals surface area contributed by atoms with E-state index in [1.54, 1.807) is 42.5 Å². The number of carbonyl (C=O) groups is 2. The van der Waals surface area contributed by atoms with E-state index in [1.165, 1.54) is 30.2 Å². The van der Waals surface area contributed by atoms with E-state index < -0.39 is 5.82 Å². The normalized spacial score (nSPS) is 10.6. The highest BCUT2D eigenvalue weighted by Gasteiger charge is 2.15. The fourth-order valence-corrected chi connectivity index (χ4v) is 2.52. The molecule has 2 aromatic carbocycles. The zero-order valence-corrected chi connectivity index (χ0v) is 15.4. The van der Waals surface area contributed by atoms with Crippen LogP contribution in [0.3, 0.4) is 0 Å². The monoisotopic (exact) mass is 370 g/mol. The van der Waals surface area contributed by atoms with Crippen molar-refractivity contribution >= 4 is 23.6 Å². The number of benzene rings is 2. The van der Waals surface area contributed by atoms with E-state index in [0.717, 1.165) is 0 Å². The zero-order chi connectivity index (χ0) is 19.6. The predicted molar refractivity (Wildman–Crippen MR) is 104 cm³/mol. The van der Waals surface area contributed by atoms with Gasteiger partial charge in [0.25, 0.3) is 0 Å². The molecule has 0 aliphatic rings. The van der Waals surface area contributed by atoms with E-state index in [-0.39, 0.29) is 18.4 Å². The number of amides is 2. The Bertz CT molecular complexity index is 821. The number of anilines is 1. The Morgan fingerprint density at radius 1 is 1.15 bits per heavy atom. The largest absolute Gasteiger partial charge is 0.495 e. The van der Waals surface area contributed by atoms with Gasteiger partial charge in [-0.15, -0.1) is 0 Å². The zero-order valence-electron chi connectivity index (χ0n) is 15.4. The van der Waals surface area contributed by atoms with E-state index in [1.807, 2.05) is 6.92 Å². The van der Waals surface area contributed by atoms with Gasteiger partial charge < -0.3 is 15.0 Å². The summed E-state index contributed by atoms with van der Waals surface area (Å²) in [6.07, 6.45) is 3.39. The van der Waals surface area contributed by atoms with Gasteiger partial charge in [-0.1, -0.05) is 37.3 Å². The number of halogens is 1. The van der Waals surface area contributed by atoms with Crippen LogP contribution in [0.1, 0.15) is 18.9 Å². The molecule has 0 atom stereocenters. The lowest BCUT2D eigenvalue weighted by molar-refractivity contribution is -0.130. The number of hydrogen-bond donors (Lipinski definition) is 1. The molecule has 6 heteroatoms. The summed E-state index contributed by atoms with van der Waals surface area (Å²) >= 11 is 0. The first kappa shape index (κ1) is 20.2. The maximum absolute atomic E-state index is 13.7. The molecule has 0 fully saturated rings. The number of para-hydroxylation sites is 2. The molecule has 2 aromatic rings. The van der Waals surface area contributed by atoms with Crippen LogP contribution in [0.4, 0.5) is 10.1 Å². The molecule has 0 spiro atoms. The van der Waals surface area contributed by atoms with Crippen LogP contribution >= 0.6 is 0 Å². The van der Waals surface area contributed by atoms with Crippen molar-refractivity contribution in [3.05, 3.63) is 66.0 Å². The van der Waals surface area contributed by atoms with Crippen molar-refractivity contribution in [3.8, 4) is 5.75 Å². The molecule has 0 heterocycles. The molecule has 27 heavy (non-hydrogen) atoms. The second kappa shape index (κ2) is 10.1. The predicted octanol–water partition coefficient (Wildman–Crippen LogP) is 3.72. The minimum absolute atomic E-state index is 0.105. The maximum atomic E-state index is 13.7. The Hall–Kier alpha value is -3.15. The van der Waals surface area contributed by atoms with Crippen LogP contribution in [0.2, 0.25) is 0 Å². The van der Waals surface area contributed by atoms with Crippen LogP contribution in [-0.4, -0.2) is 36.9 Å². The van der Waals surface area contributed by atoms with Crippen LogP contribution in [0, 0.1) is 5.82 Å². The highest BCUT2D eigenvalue weighted by molar-refractivity contribution is 5.98. The smallest absolute Gasteiger partial charge is 0.247 e. The number of ether oxygens (including phenoxy) is 1. The molecule has 0 aliphatic heterocycles. The molecule has 0 unspecified atom stereocenters. The summed E-state index contributed by atoms with van der Waals surface area (Å²) in [4.78, 5) is 26.2. The summed E-state index contributed by atoms with van der Waals surface area (Å²) < 4.78 is 18.9. The van der Waals surface area contributed by atoms with Gasteiger partial charge in [0.15, 0.2) is 0 Å². The van der Waals surface area contributed by atoms with Gasteiger partial charge in [-0.05, 0) is 30.7 Å². The molecule has 0 radical (unpaired) electrons. The van der Waals surface area contributed by atoms with Crippen molar-refractivity contribution in [2.75, 3.05) is 25.5 Å². The van der Waals surface area contributed by atoms with E-state index in [2.05, 4.69) is 5.32 Å². The highest BCUT2D eigenvalue weighted by Crippen LogP contribution is 2.22. The van der Waals surface area contributed by atoms with Crippen LogP contribution in [0.5, 0.6) is 5.75 Å². The summed E-state index contributed by atoms with van der Waals surface area (Å²) in [6, 6.07) is 13.2. The van der Waals surface area contributed by atoms with Gasteiger partial charge in [0.2, 0.25) is 11.8 Å². The second-order valence-corrected chi connectivity index (χ2v) is 5.86. The van der Waals surface area contributed by atoms with Gasteiger partial charge in [-0.25, -0.2) is 4.39 Å². The average Bonchev–Trinajstić information content (AvgIpc) is 2.67. The summed E-state index contributed by atoms with van der Waals surface area (Å²) in [5, 5.41) is 2.75. The van der Waals surface area contributed by atoms with E-state index in [9.17, 15) is 14.0 Å². The molecule has 0 saturated heterocycles. The van der Waals surface area contributed by atoms with Crippen molar-refractivity contribution in [2.45, 2.75) is 13.3 Å². The van der Waals surface area contributed by atoms with E-state index >= 15 is 0 Å². The number of methoxy groups -OCH3 is 1. The molecule has 0 aromatic heterocycles. The third kappa shape index (κ3) is 5.95.